The molecule has 5 nitrogen and oxygen atoms in total. The Morgan fingerprint density at radius 3 is 2.17 bits per heavy atom. The first-order valence-electron chi connectivity index (χ1n) is 9.87. The molecule has 1 heterocycles. The molecule has 0 aliphatic heterocycles. The van der Waals surface area contributed by atoms with Crippen LogP contribution in [0.1, 0.15) is 19.4 Å². The molecule has 0 radical (unpaired) electrons. The summed E-state index contributed by atoms with van der Waals surface area (Å²) in [6, 6.07) is 21.6. The topological polar surface area (TPSA) is 100 Å². The fraction of sp³-hybridized carbons (Fsp3) is 0.160. The van der Waals surface area contributed by atoms with Crippen LogP contribution in [0, 0.1) is 6.92 Å². The van der Waals surface area contributed by atoms with E-state index in [1.165, 1.54) is 10.9 Å². The van der Waals surface area contributed by atoms with Crippen LogP contribution >= 0.6 is 0 Å². The average Bonchev–Trinajstić information content (AvgIpc) is 2.73. The number of pyridine rings is 1. The van der Waals surface area contributed by atoms with Crippen LogP contribution in [0.4, 0.5) is 17.1 Å². The Hall–Kier alpha value is -3.73. The van der Waals surface area contributed by atoms with E-state index < -0.39 is 0 Å². The molecule has 0 saturated heterocycles. The number of anilines is 3. The molecule has 6 N–H and O–H groups in total. The van der Waals surface area contributed by atoms with Crippen molar-refractivity contribution in [3.8, 4) is 17.0 Å². The lowest BCUT2D eigenvalue weighted by Gasteiger charge is -2.13. The summed E-state index contributed by atoms with van der Waals surface area (Å²) in [5, 5.41) is 2.22. The molecule has 4 aromatic rings. The van der Waals surface area contributed by atoms with Gasteiger partial charge in [0.25, 0.3) is 0 Å². The summed E-state index contributed by atoms with van der Waals surface area (Å²) in [7, 11) is 0. The highest BCUT2D eigenvalue weighted by Crippen LogP contribution is 2.30. The fourth-order valence-corrected chi connectivity index (χ4v) is 3.21. The van der Waals surface area contributed by atoms with Crippen molar-refractivity contribution in [3.05, 3.63) is 78.5 Å². The average molecular weight is 401 g/mol. The van der Waals surface area contributed by atoms with E-state index in [1.807, 2.05) is 81.4 Å². The number of nitrogen functional groups attached to an aromatic ring is 3. The monoisotopic (exact) mass is 400 g/mol. The number of aryl methyl sites for hydroxylation is 1. The molecule has 0 bridgehead atoms. The summed E-state index contributed by atoms with van der Waals surface area (Å²) in [5.41, 5.74) is 22.3. The van der Waals surface area contributed by atoms with Gasteiger partial charge in [0.05, 0.1) is 35.1 Å². The first-order chi connectivity index (χ1) is 14.4. The largest absolute Gasteiger partial charge is 0.490 e. The summed E-state index contributed by atoms with van der Waals surface area (Å²) < 4.78 is 5.76. The first kappa shape index (κ1) is 21.0. The highest BCUT2D eigenvalue weighted by Gasteiger charge is 2.08. The van der Waals surface area contributed by atoms with Crippen LogP contribution in [0.15, 0.2) is 72.9 Å². The van der Waals surface area contributed by atoms with E-state index in [1.54, 1.807) is 6.20 Å². The highest BCUT2D eigenvalue weighted by atomic mass is 16.5. The molecule has 0 fully saturated rings. The molecule has 0 spiro atoms. The molecule has 4 rings (SSSR count). The summed E-state index contributed by atoms with van der Waals surface area (Å²) >= 11 is 0. The normalized spacial score (nSPS) is 10.5. The minimum absolute atomic E-state index is 0.143. The number of hydrogen-bond donors (Lipinski definition) is 3. The van der Waals surface area contributed by atoms with Gasteiger partial charge < -0.3 is 21.9 Å². The van der Waals surface area contributed by atoms with Gasteiger partial charge in [0.2, 0.25) is 0 Å². The van der Waals surface area contributed by atoms with Crippen molar-refractivity contribution in [2.75, 3.05) is 17.2 Å². The van der Waals surface area contributed by atoms with Crippen molar-refractivity contribution in [1.82, 2.24) is 4.98 Å². The van der Waals surface area contributed by atoms with E-state index in [0.717, 1.165) is 22.4 Å². The standard InChI is InChI=1S/C14H16N2O.C11H12N2/c1-10(2)17-14-6-4-3-5-12(14)13-8-7-11(15)9-16-13;1-7-6-10(12)11(13)9-5-3-2-4-8(7)9/h3-10H,15H2,1-2H3;2-6H,12-13H2,1H3. The SMILES string of the molecule is CC(C)Oc1ccccc1-c1ccc(N)cn1.Cc1cc(N)c(N)c2ccccc12. The smallest absolute Gasteiger partial charge is 0.129 e. The van der Waals surface area contributed by atoms with Crippen LogP contribution in [0.5, 0.6) is 5.75 Å². The molecule has 0 aliphatic rings. The summed E-state index contributed by atoms with van der Waals surface area (Å²) in [4.78, 5) is 4.31. The van der Waals surface area contributed by atoms with Gasteiger partial charge in [0, 0.05) is 10.9 Å². The predicted molar refractivity (Wildman–Crippen MR) is 127 cm³/mol. The molecule has 0 saturated carbocycles. The Morgan fingerprint density at radius 1 is 0.833 bits per heavy atom. The van der Waals surface area contributed by atoms with E-state index in [4.69, 9.17) is 21.9 Å². The lowest BCUT2D eigenvalue weighted by molar-refractivity contribution is 0.243. The van der Waals surface area contributed by atoms with Crippen molar-refractivity contribution >= 4 is 27.8 Å². The van der Waals surface area contributed by atoms with Crippen molar-refractivity contribution in [2.45, 2.75) is 26.9 Å². The molecule has 0 unspecified atom stereocenters. The Morgan fingerprint density at radius 2 is 1.50 bits per heavy atom. The molecule has 1 aromatic heterocycles. The van der Waals surface area contributed by atoms with E-state index >= 15 is 0 Å². The van der Waals surface area contributed by atoms with Crippen molar-refractivity contribution in [2.24, 2.45) is 0 Å². The third-order valence-corrected chi connectivity index (χ3v) is 4.64. The molecular weight excluding hydrogens is 372 g/mol. The molecule has 0 atom stereocenters. The second-order valence-corrected chi connectivity index (χ2v) is 7.38. The van der Waals surface area contributed by atoms with Gasteiger partial charge in [-0.25, -0.2) is 0 Å². The van der Waals surface area contributed by atoms with Crippen molar-refractivity contribution < 1.29 is 4.74 Å². The van der Waals surface area contributed by atoms with E-state index in [-0.39, 0.29) is 6.10 Å². The predicted octanol–water partition coefficient (Wildman–Crippen LogP) is 5.43. The number of rotatable bonds is 3. The van der Waals surface area contributed by atoms with Gasteiger partial charge in [-0.2, -0.15) is 0 Å². The number of hydrogen-bond acceptors (Lipinski definition) is 5. The number of fused-ring (bicyclic) bond motifs is 1. The van der Waals surface area contributed by atoms with E-state index in [9.17, 15) is 0 Å². The second-order valence-electron chi connectivity index (χ2n) is 7.38. The Labute approximate surface area is 177 Å². The lowest BCUT2D eigenvalue weighted by atomic mass is 10.0. The number of para-hydroxylation sites is 1. The first-order valence-corrected chi connectivity index (χ1v) is 9.87. The third-order valence-electron chi connectivity index (χ3n) is 4.64. The minimum atomic E-state index is 0.143. The number of benzene rings is 3. The molecule has 154 valence electrons. The van der Waals surface area contributed by atoms with Gasteiger partial charge in [-0.05, 0) is 62.1 Å². The summed E-state index contributed by atoms with van der Waals surface area (Å²) in [6.45, 7) is 6.05. The maximum Gasteiger partial charge on any atom is 0.129 e. The zero-order chi connectivity index (χ0) is 21.7. The molecule has 5 heteroatoms. The third kappa shape index (κ3) is 4.81. The maximum absolute atomic E-state index is 5.86. The Kier molecular flexibility index (Phi) is 6.42. The fourth-order valence-electron chi connectivity index (χ4n) is 3.21. The van der Waals surface area contributed by atoms with Crippen molar-refractivity contribution in [1.29, 1.82) is 0 Å². The van der Waals surface area contributed by atoms with Crippen LogP contribution < -0.4 is 21.9 Å². The van der Waals surface area contributed by atoms with Gasteiger partial charge in [0.1, 0.15) is 5.75 Å². The zero-order valence-corrected chi connectivity index (χ0v) is 17.6. The van der Waals surface area contributed by atoms with Crippen molar-refractivity contribution in [3.63, 3.8) is 0 Å². The quantitative estimate of drug-likeness (QED) is 0.398. The lowest BCUT2D eigenvalue weighted by Crippen LogP contribution is -2.06. The van der Waals surface area contributed by atoms with Crippen LogP contribution in [0.2, 0.25) is 0 Å². The summed E-state index contributed by atoms with van der Waals surface area (Å²) in [5.74, 6) is 0.847. The molecule has 30 heavy (non-hydrogen) atoms. The number of aromatic nitrogens is 1. The Balaban J connectivity index is 0.000000177. The van der Waals surface area contributed by atoms with Crippen LogP contribution in [-0.4, -0.2) is 11.1 Å². The Bertz CT molecular complexity index is 1140. The highest BCUT2D eigenvalue weighted by molar-refractivity contribution is 6.00. The summed E-state index contributed by atoms with van der Waals surface area (Å²) in [6.07, 6.45) is 1.80. The van der Waals surface area contributed by atoms with Gasteiger partial charge in [-0.1, -0.05) is 36.4 Å². The number of ether oxygens (including phenoxy) is 1. The molecule has 3 aromatic carbocycles. The van der Waals surface area contributed by atoms with Crippen LogP contribution in [0.25, 0.3) is 22.0 Å². The van der Waals surface area contributed by atoms with E-state index in [0.29, 0.717) is 17.1 Å². The van der Waals surface area contributed by atoms with Gasteiger partial charge in [0.15, 0.2) is 0 Å². The van der Waals surface area contributed by atoms with Crippen LogP contribution in [-0.2, 0) is 0 Å². The van der Waals surface area contributed by atoms with Gasteiger partial charge in [-0.3, -0.25) is 4.98 Å². The van der Waals surface area contributed by atoms with Gasteiger partial charge in [-0.15, -0.1) is 0 Å². The van der Waals surface area contributed by atoms with E-state index in [2.05, 4.69) is 11.1 Å². The minimum Gasteiger partial charge on any atom is -0.490 e. The molecular formula is C25H28N4O. The number of nitrogens with two attached hydrogens (primary N) is 3. The second kappa shape index (κ2) is 9.18. The zero-order valence-electron chi connectivity index (χ0n) is 17.6. The maximum atomic E-state index is 5.86. The molecule has 0 amide bonds. The van der Waals surface area contributed by atoms with Crippen LogP contribution in [0.3, 0.4) is 0 Å². The number of nitrogens with zero attached hydrogens (tertiary/aromatic N) is 1. The molecule has 0 aliphatic carbocycles. The van der Waals surface area contributed by atoms with Gasteiger partial charge >= 0.3 is 0 Å².